The number of anilines is 1. The van der Waals surface area contributed by atoms with Gasteiger partial charge in [0, 0.05) is 0 Å². The molecular weight excluding hydrogens is 384 g/mol. The molecule has 1 heterocycles. The number of phenolic OH excluding ortho intramolecular Hbond substituents is 1. The number of imide groups is 1. The molecule has 4 rings (SSSR count). The van der Waals surface area contributed by atoms with Crippen LogP contribution in [0.4, 0.5) is 14.5 Å². The molecule has 29 heavy (non-hydrogen) atoms. The number of aromatic carboxylic acids is 1. The first kappa shape index (κ1) is 18.3. The standard InChI is InChI=1S/C21H11F2NO5/c22-16-6-2-10(7-17(16)23)11-1-4-14(21(28)29)18(8-11)24-19(26)13-5-3-12(25)9-15(13)20(24)27/h1-9,25H,(H,28,29). The van der Waals surface area contributed by atoms with Crippen LogP contribution in [-0.2, 0) is 0 Å². The fourth-order valence-electron chi connectivity index (χ4n) is 3.20. The second-order valence-electron chi connectivity index (χ2n) is 6.34. The zero-order valence-corrected chi connectivity index (χ0v) is 14.5. The van der Waals surface area contributed by atoms with Crippen LogP contribution in [0.5, 0.6) is 5.75 Å². The molecule has 1 aliphatic rings. The van der Waals surface area contributed by atoms with E-state index >= 15 is 0 Å². The molecule has 0 unspecified atom stereocenters. The molecule has 1 aliphatic heterocycles. The van der Waals surface area contributed by atoms with Crippen LogP contribution in [0.1, 0.15) is 31.1 Å². The van der Waals surface area contributed by atoms with Crippen LogP contribution in [0, 0.1) is 11.6 Å². The third-order valence-corrected chi connectivity index (χ3v) is 4.59. The van der Waals surface area contributed by atoms with Gasteiger partial charge in [-0.2, -0.15) is 0 Å². The maximum atomic E-state index is 13.6. The maximum Gasteiger partial charge on any atom is 0.337 e. The van der Waals surface area contributed by atoms with E-state index in [4.69, 9.17) is 0 Å². The van der Waals surface area contributed by atoms with Crippen molar-refractivity contribution in [2.24, 2.45) is 0 Å². The Hall–Kier alpha value is -4.07. The molecule has 0 aliphatic carbocycles. The minimum atomic E-state index is -1.38. The predicted molar refractivity (Wildman–Crippen MR) is 98.0 cm³/mol. The molecule has 0 radical (unpaired) electrons. The van der Waals surface area contributed by atoms with Crippen molar-refractivity contribution in [2.45, 2.75) is 0 Å². The monoisotopic (exact) mass is 395 g/mol. The third kappa shape index (κ3) is 2.91. The number of nitrogens with zero attached hydrogens (tertiary/aromatic N) is 1. The average Bonchev–Trinajstić information content (AvgIpc) is 2.93. The Kier molecular flexibility index (Phi) is 4.11. The zero-order valence-electron chi connectivity index (χ0n) is 14.5. The Morgan fingerprint density at radius 3 is 2.14 bits per heavy atom. The smallest absolute Gasteiger partial charge is 0.337 e. The lowest BCUT2D eigenvalue weighted by molar-refractivity contribution is 0.0698. The van der Waals surface area contributed by atoms with Crippen molar-refractivity contribution >= 4 is 23.5 Å². The van der Waals surface area contributed by atoms with E-state index in [1.54, 1.807) is 0 Å². The molecule has 0 saturated heterocycles. The molecule has 2 amide bonds. The summed E-state index contributed by atoms with van der Waals surface area (Å²) in [5.74, 6) is -5.29. The topological polar surface area (TPSA) is 94.9 Å². The fourth-order valence-corrected chi connectivity index (χ4v) is 3.20. The van der Waals surface area contributed by atoms with Crippen LogP contribution in [0.15, 0.2) is 54.6 Å². The SMILES string of the molecule is O=C(O)c1ccc(-c2ccc(F)c(F)c2)cc1N1C(=O)c2ccc(O)cc2C1=O. The van der Waals surface area contributed by atoms with Crippen LogP contribution in [0.3, 0.4) is 0 Å². The molecular formula is C21H11F2NO5. The Morgan fingerprint density at radius 2 is 1.45 bits per heavy atom. The van der Waals surface area contributed by atoms with Crippen molar-refractivity contribution in [1.82, 2.24) is 0 Å². The summed E-state index contributed by atoms with van der Waals surface area (Å²) in [6.07, 6.45) is 0. The van der Waals surface area contributed by atoms with Gasteiger partial charge >= 0.3 is 5.97 Å². The van der Waals surface area contributed by atoms with Gasteiger partial charge in [-0.05, 0) is 53.6 Å². The van der Waals surface area contributed by atoms with E-state index in [0.717, 1.165) is 18.2 Å². The zero-order chi connectivity index (χ0) is 20.9. The van der Waals surface area contributed by atoms with Crippen LogP contribution < -0.4 is 4.90 Å². The molecule has 3 aromatic rings. The van der Waals surface area contributed by atoms with Gasteiger partial charge in [-0.1, -0.05) is 12.1 Å². The Balaban J connectivity index is 1.88. The van der Waals surface area contributed by atoms with E-state index in [1.807, 2.05) is 0 Å². The molecule has 0 aromatic heterocycles. The largest absolute Gasteiger partial charge is 0.508 e. The molecule has 3 aromatic carbocycles. The predicted octanol–water partition coefficient (Wildman–Crippen LogP) is 3.84. The fraction of sp³-hybridized carbons (Fsp3) is 0. The third-order valence-electron chi connectivity index (χ3n) is 4.59. The summed E-state index contributed by atoms with van der Waals surface area (Å²) in [6, 6.07) is 10.5. The van der Waals surface area contributed by atoms with Crippen LogP contribution >= 0.6 is 0 Å². The summed E-state index contributed by atoms with van der Waals surface area (Å²) in [6.45, 7) is 0. The van der Waals surface area contributed by atoms with Crippen molar-refractivity contribution in [1.29, 1.82) is 0 Å². The lowest BCUT2D eigenvalue weighted by Gasteiger charge is -2.18. The second-order valence-corrected chi connectivity index (χ2v) is 6.34. The van der Waals surface area contributed by atoms with Gasteiger partial charge < -0.3 is 10.2 Å². The number of carboxylic acid groups (broad SMARTS) is 1. The molecule has 8 heteroatoms. The van der Waals surface area contributed by atoms with Gasteiger partial charge in [0.25, 0.3) is 11.8 Å². The summed E-state index contributed by atoms with van der Waals surface area (Å²) < 4.78 is 26.8. The number of carbonyl (C=O) groups excluding carboxylic acids is 2. The van der Waals surface area contributed by atoms with Gasteiger partial charge in [0.15, 0.2) is 11.6 Å². The van der Waals surface area contributed by atoms with E-state index in [1.165, 1.54) is 36.4 Å². The van der Waals surface area contributed by atoms with Crippen molar-refractivity contribution in [2.75, 3.05) is 4.90 Å². The second kappa shape index (κ2) is 6.52. The lowest BCUT2D eigenvalue weighted by Crippen LogP contribution is -2.31. The molecule has 0 spiro atoms. The van der Waals surface area contributed by atoms with Gasteiger partial charge in [0.1, 0.15) is 5.75 Å². The number of fused-ring (bicyclic) bond motifs is 1. The molecule has 0 saturated carbocycles. The summed E-state index contributed by atoms with van der Waals surface area (Å²) in [5.41, 5.74) is -0.0768. The van der Waals surface area contributed by atoms with E-state index in [9.17, 15) is 33.4 Å². The molecule has 2 N–H and O–H groups in total. The number of halogens is 2. The minimum Gasteiger partial charge on any atom is -0.508 e. The normalized spacial score (nSPS) is 13.0. The van der Waals surface area contributed by atoms with Crippen molar-refractivity contribution < 1.29 is 33.4 Å². The highest BCUT2D eigenvalue weighted by Gasteiger charge is 2.38. The number of amides is 2. The van der Waals surface area contributed by atoms with Gasteiger partial charge in [-0.3, -0.25) is 9.59 Å². The van der Waals surface area contributed by atoms with E-state index < -0.39 is 29.4 Å². The number of hydrogen-bond donors (Lipinski definition) is 2. The van der Waals surface area contributed by atoms with E-state index in [2.05, 4.69) is 0 Å². The van der Waals surface area contributed by atoms with Crippen molar-refractivity contribution in [3.8, 4) is 16.9 Å². The number of carboxylic acids is 1. The maximum absolute atomic E-state index is 13.6. The van der Waals surface area contributed by atoms with Crippen LogP contribution in [0.2, 0.25) is 0 Å². The Labute approximate surface area is 162 Å². The molecule has 0 bridgehead atoms. The van der Waals surface area contributed by atoms with Crippen LogP contribution in [-0.4, -0.2) is 28.0 Å². The number of hydrogen-bond acceptors (Lipinski definition) is 4. The van der Waals surface area contributed by atoms with Gasteiger partial charge in [-0.15, -0.1) is 0 Å². The molecule has 0 fully saturated rings. The van der Waals surface area contributed by atoms with E-state index in [0.29, 0.717) is 4.90 Å². The number of rotatable bonds is 3. The van der Waals surface area contributed by atoms with E-state index in [-0.39, 0.29) is 39.3 Å². The highest BCUT2D eigenvalue weighted by molar-refractivity contribution is 6.35. The number of carbonyl (C=O) groups is 3. The number of aromatic hydroxyl groups is 1. The molecule has 0 atom stereocenters. The van der Waals surface area contributed by atoms with Gasteiger partial charge in [0.2, 0.25) is 0 Å². The summed E-state index contributed by atoms with van der Waals surface area (Å²) in [7, 11) is 0. The Morgan fingerprint density at radius 1 is 0.793 bits per heavy atom. The average molecular weight is 395 g/mol. The Bertz CT molecular complexity index is 1220. The minimum absolute atomic E-state index is 0.0161. The highest BCUT2D eigenvalue weighted by atomic mass is 19.2. The summed E-state index contributed by atoms with van der Waals surface area (Å²) in [4.78, 5) is 37.9. The number of phenols is 1. The molecule has 6 nitrogen and oxygen atoms in total. The summed E-state index contributed by atoms with van der Waals surface area (Å²) >= 11 is 0. The van der Waals surface area contributed by atoms with Gasteiger partial charge in [0.05, 0.1) is 22.4 Å². The summed E-state index contributed by atoms with van der Waals surface area (Å²) in [5, 5.41) is 19.1. The first-order chi connectivity index (χ1) is 13.8. The molecule has 144 valence electrons. The van der Waals surface area contributed by atoms with Gasteiger partial charge in [-0.25, -0.2) is 18.5 Å². The number of benzene rings is 3. The highest BCUT2D eigenvalue weighted by Crippen LogP contribution is 2.35. The quantitative estimate of drug-likeness (QED) is 0.657. The first-order valence-electron chi connectivity index (χ1n) is 8.32. The van der Waals surface area contributed by atoms with Crippen molar-refractivity contribution in [3.63, 3.8) is 0 Å². The lowest BCUT2D eigenvalue weighted by atomic mass is 10.0. The van der Waals surface area contributed by atoms with Crippen LogP contribution in [0.25, 0.3) is 11.1 Å². The first-order valence-corrected chi connectivity index (χ1v) is 8.32. The van der Waals surface area contributed by atoms with Crippen molar-refractivity contribution in [3.05, 3.63) is 82.9 Å².